The van der Waals surface area contributed by atoms with Crippen molar-refractivity contribution in [3.05, 3.63) is 24.3 Å². The quantitative estimate of drug-likeness (QED) is 0.239. The second-order valence-corrected chi connectivity index (χ2v) is 8.14. The lowest BCUT2D eigenvalue weighted by molar-refractivity contribution is 0.120. The van der Waals surface area contributed by atoms with Gasteiger partial charge in [0.15, 0.2) is 6.16 Å². The van der Waals surface area contributed by atoms with Crippen LogP contribution in [0.2, 0.25) is 0 Å². The molecular formula is C19H34O5P+. The van der Waals surface area contributed by atoms with Crippen LogP contribution in [-0.2, 0) is 4.57 Å². The normalized spacial score (nSPS) is 28.9. The van der Waals surface area contributed by atoms with Crippen molar-refractivity contribution < 1.29 is 24.8 Å². The first kappa shape index (κ1) is 22.5. The van der Waals surface area contributed by atoms with Crippen molar-refractivity contribution in [3.8, 4) is 0 Å². The second kappa shape index (κ2) is 12.7. The number of aliphatic hydroxyl groups is 3. The zero-order valence-corrected chi connectivity index (χ0v) is 16.1. The number of hydrogen-bond acceptors (Lipinski definition) is 4. The van der Waals surface area contributed by atoms with Crippen LogP contribution in [0, 0.1) is 11.8 Å². The zero-order valence-electron chi connectivity index (χ0n) is 15.2. The van der Waals surface area contributed by atoms with E-state index in [0.29, 0.717) is 25.4 Å². The Hall–Kier alpha value is -0.580. The van der Waals surface area contributed by atoms with Crippen molar-refractivity contribution in [3.63, 3.8) is 0 Å². The first-order chi connectivity index (χ1) is 12.0. The molecule has 1 fully saturated rings. The third kappa shape index (κ3) is 9.07. The third-order valence-electron chi connectivity index (χ3n) is 4.87. The molecule has 25 heavy (non-hydrogen) atoms. The van der Waals surface area contributed by atoms with E-state index in [1.54, 1.807) is 6.08 Å². The number of rotatable bonds is 12. The smallest absolute Gasteiger partial charge is 0.393 e. The van der Waals surface area contributed by atoms with Crippen LogP contribution in [0.3, 0.4) is 0 Å². The van der Waals surface area contributed by atoms with Gasteiger partial charge in [-0.1, -0.05) is 50.5 Å². The Labute approximate surface area is 152 Å². The van der Waals surface area contributed by atoms with Crippen molar-refractivity contribution >= 4 is 8.03 Å². The molecule has 1 aliphatic carbocycles. The predicted octanol–water partition coefficient (Wildman–Crippen LogP) is 3.30. The average molecular weight is 373 g/mol. The molecule has 0 heterocycles. The SMILES string of the molecule is CCCCC[C@H](O)/C=C/[C@@H]1[C@@H](C/C=C\CCC[P+](=O)O)[C@@H](O)C[C@H]1O. The minimum absolute atomic E-state index is 0.0557. The highest BCUT2D eigenvalue weighted by Crippen LogP contribution is 2.36. The molecule has 4 N–H and O–H groups in total. The maximum absolute atomic E-state index is 10.6. The van der Waals surface area contributed by atoms with Gasteiger partial charge in [0.2, 0.25) is 0 Å². The van der Waals surface area contributed by atoms with E-state index in [4.69, 9.17) is 4.89 Å². The van der Waals surface area contributed by atoms with Crippen LogP contribution >= 0.6 is 8.03 Å². The van der Waals surface area contributed by atoms with Gasteiger partial charge in [-0.15, -0.1) is 0 Å². The molecule has 0 aromatic heterocycles. The average Bonchev–Trinajstić information content (AvgIpc) is 2.82. The van der Waals surface area contributed by atoms with Gasteiger partial charge in [0.1, 0.15) is 0 Å². The lowest BCUT2D eigenvalue weighted by Crippen LogP contribution is -2.20. The third-order valence-corrected chi connectivity index (χ3v) is 5.57. The Morgan fingerprint density at radius 3 is 2.60 bits per heavy atom. The summed E-state index contributed by atoms with van der Waals surface area (Å²) in [5, 5.41) is 30.4. The standard InChI is InChI=1S/C19H33O5P/c1-2-3-6-9-15(20)11-12-17-16(18(21)14-19(17)22)10-7-4-5-8-13-25(23)24/h4,7,11-12,15-22H,2-3,5-6,8-10,13-14H2,1H3/p+1/b7-4-,12-11+/t15-,16+,17+,18-,19+/m0/s1. The summed E-state index contributed by atoms with van der Waals surface area (Å²) in [7, 11) is -2.06. The Kier molecular flexibility index (Phi) is 11.4. The summed E-state index contributed by atoms with van der Waals surface area (Å²) in [6.07, 6.45) is 12.7. The molecule has 0 aromatic rings. The van der Waals surface area contributed by atoms with Gasteiger partial charge in [0.05, 0.1) is 18.3 Å². The zero-order chi connectivity index (χ0) is 18.7. The van der Waals surface area contributed by atoms with Crippen LogP contribution in [0.5, 0.6) is 0 Å². The van der Waals surface area contributed by atoms with Gasteiger partial charge in [-0.3, -0.25) is 0 Å². The van der Waals surface area contributed by atoms with Gasteiger partial charge in [-0.2, -0.15) is 4.89 Å². The van der Waals surface area contributed by atoms with Gasteiger partial charge in [0, 0.05) is 12.3 Å². The molecule has 1 saturated carbocycles. The van der Waals surface area contributed by atoms with E-state index < -0.39 is 26.3 Å². The van der Waals surface area contributed by atoms with Crippen molar-refractivity contribution in [1.82, 2.24) is 0 Å². The number of unbranched alkanes of at least 4 members (excludes halogenated alkanes) is 3. The molecule has 5 nitrogen and oxygen atoms in total. The molecule has 0 bridgehead atoms. The van der Waals surface area contributed by atoms with Crippen LogP contribution in [0.25, 0.3) is 0 Å². The predicted molar refractivity (Wildman–Crippen MR) is 101 cm³/mol. The van der Waals surface area contributed by atoms with Crippen LogP contribution in [-0.4, -0.2) is 44.7 Å². The molecule has 6 heteroatoms. The monoisotopic (exact) mass is 373 g/mol. The minimum Gasteiger partial charge on any atom is -0.393 e. The maximum atomic E-state index is 10.6. The first-order valence-corrected chi connectivity index (χ1v) is 10.9. The number of hydrogen-bond donors (Lipinski definition) is 4. The molecule has 0 spiro atoms. The largest absolute Gasteiger partial charge is 0.505 e. The summed E-state index contributed by atoms with van der Waals surface area (Å²) in [5.74, 6) is -0.202. The molecule has 0 amide bonds. The molecule has 1 rings (SSSR count). The number of aliphatic hydroxyl groups excluding tert-OH is 3. The van der Waals surface area contributed by atoms with E-state index >= 15 is 0 Å². The fourth-order valence-corrected chi connectivity index (χ4v) is 3.83. The van der Waals surface area contributed by atoms with Gasteiger partial charge < -0.3 is 15.3 Å². The van der Waals surface area contributed by atoms with Gasteiger partial charge in [-0.25, -0.2) is 0 Å². The molecule has 0 radical (unpaired) electrons. The molecule has 0 saturated heterocycles. The first-order valence-electron chi connectivity index (χ1n) is 9.46. The Balaban J connectivity index is 2.46. The molecule has 1 aliphatic rings. The molecule has 144 valence electrons. The molecule has 6 atom stereocenters. The Bertz CT molecular complexity index is 438. The van der Waals surface area contributed by atoms with Gasteiger partial charge >= 0.3 is 8.03 Å². The lowest BCUT2D eigenvalue weighted by Gasteiger charge is -2.19. The summed E-state index contributed by atoms with van der Waals surface area (Å²) >= 11 is 0. The summed E-state index contributed by atoms with van der Waals surface area (Å²) in [4.78, 5) is 8.75. The van der Waals surface area contributed by atoms with Gasteiger partial charge in [-0.05, 0) is 36.2 Å². The van der Waals surface area contributed by atoms with Crippen LogP contribution in [0.15, 0.2) is 24.3 Å². The van der Waals surface area contributed by atoms with E-state index in [9.17, 15) is 19.9 Å². The number of allylic oxidation sites excluding steroid dienone is 2. The molecule has 1 unspecified atom stereocenters. The van der Waals surface area contributed by atoms with E-state index in [2.05, 4.69) is 6.92 Å². The van der Waals surface area contributed by atoms with Crippen molar-refractivity contribution in [2.24, 2.45) is 11.8 Å². The summed E-state index contributed by atoms with van der Waals surface area (Å²) in [6, 6.07) is 0. The highest BCUT2D eigenvalue weighted by Gasteiger charge is 2.39. The van der Waals surface area contributed by atoms with E-state index in [-0.39, 0.29) is 11.8 Å². The Morgan fingerprint density at radius 2 is 1.92 bits per heavy atom. The van der Waals surface area contributed by atoms with Crippen molar-refractivity contribution in [2.75, 3.05) is 6.16 Å². The Morgan fingerprint density at radius 1 is 1.16 bits per heavy atom. The minimum atomic E-state index is -2.06. The van der Waals surface area contributed by atoms with Gasteiger partial charge in [0.25, 0.3) is 0 Å². The highest BCUT2D eigenvalue weighted by atomic mass is 31.1. The van der Waals surface area contributed by atoms with Crippen LogP contribution < -0.4 is 0 Å². The van der Waals surface area contributed by atoms with E-state index in [1.807, 2.05) is 18.2 Å². The van der Waals surface area contributed by atoms with Crippen molar-refractivity contribution in [2.45, 2.75) is 76.6 Å². The summed E-state index contributed by atoms with van der Waals surface area (Å²) in [6.45, 7) is 2.13. The highest BCUT2D eigenvalue weighted by molar-refractivity contribution is 7.37. The van der Waals surface area contributed by atoms with Crippen molar-refractivity contribution in [1.29, 1.82) is 0 Å². The van der Waals surface area contributed by atoms with Crippen LogP contribution in [0.1, 0.15) is 58.3 Å². The molecule has 0 aliphatic heterocycles. The van der Waals surface area contributed by atoms with Crippen LogP contribution in [0.4, 0.5) is 0 Å². The van der Waals surface area contributed by atoms with E-state index in [1.165, 1.54) is 0 Å². The fourth-order valence-electron chi connectivity index (χ4n) is 3.38. The molecular weight excluding hydrogens is 339 g/mol. The van der Waals surface area contributed by atoms with E-state index in [0.717, 1.165) is 32.1 Å². The topological polar surface area (TPSA) is 98.0 Å². The maximum Gasteiger partial charge on any atom is 0.505 e. The fraction of sp³-hybridized carbons (Fsp3) is 0.789. The summed E-state index contributed by atoms with van der Waals surface area (Å²) < 4.78 is 10.6. The second-order valence-electron chi connectivity index (χ2n) is 6.98. The molecule has 0 aromatic carbocycles. The summed E-state index contributed by atoms with van der Waals surface area (Å²) in [5.41, 5.74) is 0. The lowest BCUT2D eigenvalue weighted by atomic mass is 9.89.